The molecule has 1 aromatic heterocycles. The van der Waals surface area contributed by atoms with Crippen molar-refractivity contribution in [3.63, 3.8) is 0 Å². The zero-order valence-electron chi connectivity index (χ0n) is 11.6. The van der Waals surface area contributed by atoms with Gasteiger partial charge in [0, 0.05) is 0 Å². The number of halogens is 2. The predicted molar refractivity (Wildman–Crippen MR) is 93.0 cm³/mol. The fourth-order valence-corrected chi connectivity index (χ4v) is 5.38. The highest BCUT2D eigenvalue weighted by Gasteiger charge is 2.21. The molecule has 0 saturated carbocycles. The topological polar surface area (TPSA) is 46.2 Å². The van der Waals surface area contributed by atoms with Crippen molar-refractivity contribution in [3.05, 3.63) is 44.7 Å². The second kappa shape index (κ2) is 6.69. The average molecular weight is 409 g/mol. The lowest BCUT2D eigenvalue weighted by Crippen LogP contribution is -2.13. The maximum absolute atomic E-state index is 12.5. The Bertz CT molecular complexity index is 724. The van der Waals surface area contributed by atoms with Crippen LogP contribution in [-0.4, -0.2) is 8.42 Å². The van der Waals surface area contributed by atoms with Gasteiger partial charge < -0.3 is 0 Å². The van der Waals surface area contributed by atoms with Crippen LogP contribution in [0, 0.1) is 0 Å². The van der Waals surface area contributed by atoms with Gasteiger partial charge in [-0.25, -0.2) is 8.42 Å². The van der Waals surface area contributed by atoms with E-state index in [1.54, 1.807) is 6.07 Å². The van der Waals surface area contributed by atoms with Crippen LogP contribution in [0.15, 0.2) is 38.3 Å². The molecule has 2 aromatic rings. The Balaban J connectivity index is 2.37. The third-order valence-electron chi connectivity index (χ3n) is 3.24. The first-order chi connectivity index (χ1) is 9.85. The van der Waals surface area contributed by atoms with Crippen molar-refractivity contribution >= 4 is 54.6 Å². The Hall–Kier alpha value is -0.560. The Morgan fingerprint density at radius 3 is 2.62 bits per heavy atom. The van der Waals surface area contributed by atoms with Gasteiger partial charge >= 0.3 is 0 Å². The molecule has 114 valence electrons. The number of rotatable bonds is 5. The van der Waals surface area contributed by atoms with E-state index in [0.717, 1.165) is 23.3 Å². The summed E-state index contributed by atoms with van der Waals surface area (Å²) in [5, 5.41) is 0.399. The molecule has 1 atom stereocenters. The molecule has 0 spiro atoms. The number of thiophene rings is 1. The highest BCUT2D eigenvalue weighted by Crippen LogP contribution is 2.36. The zero-order valence-corrected chi connectivity index (χ0v) is 15.5. The number of para-hydroxylation sites is 1. The summed E-state index contributed by atoms with van der Waals surface area (Å²) in [6.45, 7) is 4.15. The molecule has 1 aromatic carbocycles. The van der Waals surface area contributed by atoms with E-state index in [-0.39, 0.29) is 10.1 Å². The molecule has 0 radical (unpaired) electrons. The van der Waals surface area contributed by atoms with E-state index in [2.05, 4.69) is 34.5 Å². The van der Waals surface area contributed by atoms with Gasteiger partial charge in [-0.2, -0.15) is 0 Å². The molecule has 2 rings (SSSR count). The molecule has 0 saturated heterocycles. The van der Waals surface area contributed by atoms with E-state index in [1.807, 2.05) is 18.2 Å². The smallest absolute Gasteiger partial charge is 0.271 e. The minimum absolute atomic E-state index is 0.193. The SMILES string of the molecule is CCC(C)c1ccccc1NS(=O)(=O)c1cc(Cl)c(Br)s1. The van der Waals surface area contributed by atoms with E-state index < -0.39 is 10.0 Å². The number of sulfonamides is 1. The van der Waals surface area contributed by atoms with E-state index in [1.165, 1.54) is 6.07 Å². The lowest BCUT2D eigenvalue weighted by molar-refractivity contribution is 0.603. The molecule has 0 aliphatic heterocycles. The number of anilines is 1. The molecule has 0 aliphatic carbocycles. The van der Waals surface area contributed by atoms with E-state index >= 15 is 0 Å². The van der Waals surface area contributed by atoms with Crippen molar-refractivity contribution in [1.82, 2.24) is 0 Å². The summed E-state index contributed by atoms with van der Waals surface area (Å²) in [6, 6.07) is 8.91. The third kappa shape index (κ3) is 3.80. The van der Waals surface area contributed by atoms with Crippen LogP contribution >= 0.6 is 38.9 Å². The normalized spacial score (nSPS) is 13.1. The second-order valence-corrected chi connectivity index (χ2v) is 9.38. The van der Waals surface area contributed by atoms with E-state index in [4.69, 9.17) is 11.6 Å². The fraction of sp³-hybridized carbons (Fsp3) is 0.286. The molecule has 0 bridgehead atoms. The Morgan fingerprint density at radius 2 is 2.05 bits per heavy atom. The van der Waals surface area contributed by atoms with Gasteiger partial charge in [0.1, 0.15) is 4.21 Å². The molecule has 0 amide bonds. The Labute approximate surface area is 142 Å². The maximum atomic E-state index is 12.5. The van der Waals surface area contributed by atoms with Crippen molar-refractivity contribution in [2.75, 3.05) is 4.72 Å². The van der Waals surface area contributed by atoms with Crippen molar-refractivity contribution < 1.29 is 8.42 Å². The third-order valence-corrected chi connectivity index (χ3v) is 7.55. The number of hydrogen-bond donors (Lipinski definition) is 1. The number of nitrogens with one attached hydrogen (secondary N) is 1. The molecule has 0 aliphatic rings. The quantitative estimate of drug-likeness (QED) is 0.712. The van der Waals surface area contributed by atoms with Crippen LogP contribution in [0.2, 0.25) is 5.02 Å². The summed E-state index contributed by atoms with van der Waals surface area (Å²) in [5.74, 6) is 0.280. The minimum atomic E-state index is -3.63. The summed E-state index contributed by atoms with van der Waals surface area (Å²) in [6.07, 6.45) is 0.940. The van der Waals surface area contributed by atoms with Gasteiger partial charge in [0.2, 0.25) is 0 Å². The van der Waals surface area contributed by atoms with Gasteiger partial charge in [0.25, 0.3) is 10.0 Å². The van der Waals surface area contributed by atoms with Crippen molar-refractivity contribution in [2.45, 2.75) is 30.4 Å². The number of benzene rings is 1. The monoisotopic (exact) mass is 407 g/mol. The Morgan fingerprint density at radius 1 is 1.38 bits per heavy atom. The summed E-state index contributed by atoms with van der Waals surface area (Å²) in [7, 11) is -3.63. The molecule has 1 heterocycles. The zero-order chi connectivity index (χ0) is 15.6. The first-order valence-corrected chi connectivity index (χ1v) is 9.88. The van der Waals surface area contributed by atoms with Crippen LogP contribution in [0.4, 0.5) is 5.69 Å². The highest BCUT2D eigenvalue weighted by atomic mass is 79.9. The van der Waals surface area contributed by atoms with Crippen LogP contribution in [-0.2, 0) is 10.0 Å². The lowest BCUT2D eigenvalue weighted by atomic mass is 9.97. The minimum Gasteiger partial charge on any atom is -0.279 e. The largest absolute Gasteiger partial charge is 0.279 e. The first kappa shape index (κ1) is 16.8. The predicted octanol–water partition coefficient (Wildman–Crippen LogP) is 5.48. The van der Waals surface area contributed by atoms with Crippen LogP contribution in [0.3, 0.4) is 0 Å². The highest BCUT2D eigenvalue weighted by molar-refractivity contribution is 9.11. The fourth-order valence-electron chi connectivity index (χ4n) is 1.89. The lowest BCUT2D eigenvalue weighted by Gasteiger charge is -2.15. The molecule has 7 heteroatoms. The van der Waals surface area contributed by atoms with Crippen LogP contribution in [0.25, 0.3) is 0 Å². The van der Waals surface area contributed by atoms with Crippen molar-refractivity contribution in [3.8, 4) is 0 Å². The van der Waals surface area contributed by atoms with E-state index in [0.29, 0.717) is 14.5 Å². The standard InChI is InChI=1S/C14H15BrClNO2S2/c1-3-9(2)10-6-4-5-7-12(10)17-21(18,19)13-8-11(16)14(15)20-13/h4-9,17H,3H2,1-2H3. The molecule has 1 N–H and O–H groups in total. The maximum Gasteiger partial charge on any atom is 0.271 e. The van der Waals surface area contributed by atoms with Gasteiger partial charge in [0.15, 0.2) is 0 Å². The molecular weight excluding hydrogens is 394 g/mol. The van der Waals surface area contributed by atoms with Crippen LogP contribution in [0.5, 0.6) is 0 Å². The first-order valence-electron chi connectivity index (χ1n) is 6.41. The van der Waals surface area contributed by atoms with Crippen LogP contribution in [0.1, 0.15) is 31.7 Å². The molecule has 21 heavy (non-hydrogen) atoms. The molecule has 3 nitrogen and oxygen atoms in total. The number of hydrogen-bond acceptors (Lipinski definition) is 3. The molecule has 0 fully saturated rings. The van der Waals surface area contributed by atoms with Crippen molar-refractivity contribution in [2.24, 2.45) is 0 Å². The Kier molecular flexibility index (Phi) is 5.35. The van der Waals surface area contributed by atoms with Gasteiger partial charge in [-0.3, -0.25) is 4.72 Å². The van der Waals surface area contributed by atoms with Crippen LogP contribution < -0.4 is 4.72 Å². The summed E-state index contributed by atoms with van der Waals surface area (Å²) >= 11 is 10.2. The molecular formula is C14H15BrClNO2S2. The summed E-state index contributed by atoms with van der Waals surface area (Å²) in [5.41, 5.74) is 1.61. The summed E-state index contributed by atoms with van der Waals surface area (Å²) < 4.78 is 28.4. The van der Waals surface area contributed by atoms with Gasteiger partial charge in [-0.05, 0) is 46.0 Å². The van der Waals surface area contributed by atoms with E-state index in [9.17, 15) is 8.42 Å². The molecule has 1 unspecified atom stereocenters. The average Bonchev–Trinajstić information content (AvgIpc) is 2.79. The van der Waals surface area contributed by atoms with Gasteiger partial charge in [-0.15, -0.1) is 11.3 Å². The summed E-state index contributed by atoms with van der Waals surface area (Å²) in [4.78, 5) is 0. The van der Waals surface area contributed by atoms with Gasteiger partial charge in [-0.1, -0.05) is 43.6 Å². The second-order valence-electron chi connectivity index (χ2n) is 4.69. The van der Waals surface area contributed by atoms with Crippen molar-refractivity contribution in [1.29, 1.82) is 0 Å². The van der Waals surface area contributed by atoms with Gasteiger partial charge in [0.05, 0.1) is 14.5 Å².